The third kappa shape index (κ3) is 9.63. The molecule has 4 nitrogen and oxygen atoms in total. The maximum absolute atomic E-state index is 12.3. The van der Waals surface area contributed by atoms with Gasteiger partial charge in [-0.15, -0.1) is 0 Å². The molecule has 1 aromatic carbocycles. The van der Waals surface area contributed by atoms with E-state index in [1.54, 1.807) is 26.0 Å². The molecule has 0 radical (unpaired) electrons. The lowest BCUT2D eigenvalue weighted by molar-refractivity contribution is -0.153. The first-order chi connectivity index (χ1) is 13.5. The number of hydrogen-bond donors (Lipinski definition) is 1. The van der Waals surface area contributed by atoms with E-state index in [9.17, 15) is 9.59 Å². The molecular formula is C23H36O4S. The third-order valence-corrected chi connectivity index (χ3v) is 4.97. The van der Waals surface area contributed by atoms with Crippen LogP contribution in [0.15, 0.2) is 24.3 Å². The van der Waals surface area contributed by atoms with E-state index < -0.39 is 23.3 Å². The zero-order valence-corrected chi connectivity index (χ0v) is 18.5. The van der Waals surface area contributed by atoms with Crippen LogP contribution >= 0.6 is 12.6 Å². The van der Waals surface area contributed by atoms with Gasteiger partial charge in [0.1, 0.15) is 0 Å². The quantitative estimate of drug-likeness (QED) is 0.241. The van der Waals surface area contributed by atoms with Crippen LogP contribution in [0.5, 0.6) is 0 Å². The van der Waals surface area contributed by atoms with E-state index in [0.29, 0.717) is 5.56 Å². The average Bonchev–Trinajstić information content (AvgIpc) is 2.68. The van der Waals surface area contributed by atoms with Gasteiger partial charge in [0, 0.05) is 5.25 Å². The van der Waals surface area contributed by atoms with Crippen molar-refractivity contribution < 1.29 is 19.1 Å². The van der Waals surface area contributed by atoms with Crippen LogP contribution in [0.1, 0.15) is 88.1 Å². The van der Waals surface area contributed by atoms with Crippen LogP contribution in [0, 0.1) is 0 Å². The maximum atomic E-state index is 12.3. The van der Waals surface area contributed by atoms with E-state index in [2.05, 4.69) is 19.6 Å². The smallest absolute Gasteiger partial charge is 0.348 e. The molecule has 2 unspecified atom stereocenters. The monoisotopic (exact) mass is 408 g/mol. The molecule has 0 fully saturated rings. The molecule has 0 bridgehead atoms. The number of rotatable bonds is 14. The Morgan fingerprint density at radius 3 is 2.04 bits per heavy atom. The summed E-state index contributed by atoms with van der Waals surface area (Å²) in [6, 6.07) is 7.43. The molecule has 0 aliphatic rings. The van der Waals surface area contributed by atoms with Crippen molar-refractivity contribution in [2.24, 2.45) is 0 Å². The van der Waals surface area contributed by atoms with Gasteiger partial charge in [0.05, 0.1) is 12.2 Å². The van der Waals surface area contributed by atoms with Gasteiger partial charge in [-0.2, -0.15) is 12.6 Å². The maximum Gasteiger partial charge on any atom is 0.348 e. The van der Waals surface area contributed by atoms with Crippen molar-refractivity contribution in [3.8, 4) is 0 Å². The Labute approximate surface area is 175 Å². The molecule has 28 heavy (non-hydrogen) atoms. The SMILES string of the molecule is CCCCCCCCCCc1ccc(C(=O)OC(C(=O)OCC)C(C)S)cc1. The van der Waals surface area contributed by atoms with Crippen LogP contribution in [0.2, 0.25) is 0 Å². The lowest BCUT2D eigenvalue weighted by Gasteiger charge is -2.19. The van der Waals surface area contributed by atoms with E-state index in [-0.39, 0.29) is 6.61 Å². The van der Waals surface area contributed by atoms with Gasteiger partial charge in [-0.1, -0.05) is 64.0 Å². The van der Waals surface area contributed by atoms with Crippen LogP contribution in [-0.4, -0.2) is 29.9 Å². The van der Waals surface area contributed by atoms with Crippen molar-refractivity contribution in [3.05, 3.63) is 35.4 Å². The molecule has 0 amide bonds. The van der Waals surface area contributed by atoms with E-state index in [0.717, 1.165) is 6.42 Å². The second kappa shape index (κ2) is 14.5. The Bertz CT molecular complexity index is 568. The van der Waals surface area contributed by atoms with Gasteiger partial charge in [0.2, 0.25) is 6.10 Å². The Hall–Kier alpha value is -1.49. The van der Waals surface area contributed by atoms with E-state index in [1.807, 2.05) is 12.1 Å². The third-order valence-electron chi connectivity index (χ3n) is 4.70. The molecule has 1 rings (SSSR count). The van der Waals surface area contributed by atoms with Gasteiger partial charge in [0.15, 0.2) is 0 Å². The first-order valence-electron chi connectivity index (χ1n) is 10.6. The number of benzene rings is 1. The first-order valence-corrected chi connectivity index (χ1v) is 11.2. The van der Waals surface area contributed by atoms with Crippen LogP contribution in [0.4, 0.5) is 0 Å². The number of thiol groups is 1. The number of carbonyl (C=O) groups is 2. The molecule has 1 aromatic rings. The summed E-state index contributed by atoms with van der Waals surface area (Å²) in [6.45, 7) is 5.89. The zero-order chi connectivity index (χ0) is 20.8. The van der Waals surface area contributed by atoms with Crippen molar-refractivity contribution in [2.45, 2.75) is 89.9 Å². The van der Waals surface area contributed by atoms with E-state index in [1.165, 1.54) is 56.9 Å². The standard InChI is InChI=1S/C23H36O4S/c1-4-6-7-8-9-10-11-12-13-19-14-16-20(17-15-19)22(24)27-21(18(3)28)23(25)26-5-2/h14-18,21,28H,4-13H2,1-3H3. The van der Waals surface area contributed by atoms with Gasteiger partial charge in [-0.3, -0.25) is 0 Å². The van der Waals surface area contributed by atoms with Crippen LogP contribution in [-0.2, 0) is 20.7 Å². The molecule has 5 heteroatoms. The van der Waals surface area contributed by atoms with Crippen molar-refractivity contribution >= 4 is 24.6 Å². The van der Waals surface area contributed by atoms with Gasteiger partial charge in [-0.05, 0) is 44.4 Å². The minimum atomic E-state index is -1.01. The second-order valence-electron chi connectivity index (χ2n) is 7.24. The highest BCUT2D eigenvalue weighted by Gasteiger charge is 2.28. The van der Waals surface area contributed by atoms with Crippen molar-refractivity contribution in [3.63, 3.8) is 0 Å². The largest absolute Gasteiger partial charge is 0.463 e. The Morgan fingerprint density at radius 2 is 1.50 bits per heavy atom. The number of unbranched alkanes of at least 4 members (excludes halogenated alkanes) is 7. The Balaban J connectivity index is 2.40. The van der Waals surface area contributed by atoms with Crippen molar-refractivity contribution in [2.75, 3.05) is 6.61 Å². The Morgan fingerprint density at radius 1 is 0.929 bits per heavy atom. The molecule has 0 saturated heterocycles. The fourth-order valence-corrected chi connectivity index (χ4v) is 3.20. The number of carbonyl (C=O) groups excluding carboxylic acids is 2. The summed E-state index contributed by atoms with van der Waals surface area (Å²) < 4.78 is 10.3. The lowest BCUT2D eigenvalue weighted by atomic mass is 10.0. The van der Waals surface area contributed by atoms with Crippen molar-refractivity contribution in [1.29, 1.82) is 0 Å². The highest BCUT2D eigenvalue weighted by molar-refractivity contribution is 7.81. The molecule has 0 aromatic heterocycles. The molecule has 0 aliphatic carbocycles. The number of aryl methyl sites for hydroxylation is 1. The first kappa shape index (κ1) is 24.5. The molecule has 158 valence electrons. The van der Waals surface area contributed by atoms with Gasteiger partial charge in [-0.25, -0.2) is 9.59 Å². The second-order valence-corrected chi connectivity index (χ2v) is 8.05. The summed E-state index contributed by atoms with van der Waals surface area (Å²) in [5.41, 5.74) is 1.65. The molecule has 0 aliphatic heterocycles. The predicted molar refractivity (Wildman–Crippen MR) is 117 cm³/mol. The van der Waals surface area contributed by atoms with Gasteiger partial charge < -0.3 is 9.47 Å². The predicted octanol–water partition coefficient (Wildman–Crippen LogP) is 5.78. The summed E-state index contributed by atoms with van der Waals surface area (Å²) >= 11 is 4.23. The Kier molecular flexibility index (Phi) is 12.7. The average molecular weight is 409 g/mol. The summed E-state index contributed by atoms with van der Waals surface area (Å²) in [5.74, 6) is -1.10. The fraction of sp³-hybridized carbons (Fsp3) is 0.652. The highest BCUT2D eigenvalue weighted by atomic mass is 32.1. The zero-order valence-electron chi connectivity index (χ0n) is 17.6. The van der Waals surface area contributed by atoms with E-state index in [4.69, 9.17) is 9.47 Å². The summed E-state index contributed by atoms with van der Waals surface area (Å²) in [5, 5.41) is -0.441. The minimum absolute atomic E-state index is 0.237. The summed E-state index contributed by atoms with van der Waals surface area (Å²) in [7, 11) is 0. The highest BCUT2D eigenvalue weighted by Crippen LogP contribution is 2.15. The minimum Gasteiger partial charge on any atom is -0.463 e. The molecule has 2 atom stereocenters. The van der Waals surface area contributed by atoms with Crippen molar-refractivity contribution in [1.82, 2.24) is 0 Å². The van der Waals surface area contributed by atoms with Crippen LogP contribution in [0.25, 0.3) is 0 Å². The molecule has 0 heterocycles. The van der Waals surface area contributed by atoms with Gasteiger partial charge >= 0.3 is 11.9 Å². The summed E-state index contributed by atoms with van der Waals surface area (Å²) in [4.78, 5) is 24.2. The number of hydrogen-bond acceptors (Lipinski definition) is 5. The molecular weight excluding hydrogens is 372 g/mol. The van der Waals surface area contributed by atoms with Gasteiger partial charge in [0.25, 0.3) is 0 Å². The summed E-state index contributed by atoms with van der Waals surface area (Å²) in [6.07, 6.45) is 10.4. The number of ether oxygens (including phenoxy) is 2. The molecule has 0 saturated carbocycles. The molecule has 0 spiro atoms. The van der Waals surface area contributed by atoms with Crippen LogP contribution in [0.3, 0.4) is 0 Å². The van der Waals surface area contributed by atoms with E-state index >= 15 is 0 Å². The topological polar surface area (TPSA) is 52.6 Å². The normalized spacial score (nSPS) is 13.0. The molecule has 0 N–H and O–H groups in total. The lowest BCUT2D eigenvalue weighted by Crippen LogP contribution is -2.35. The number of esters is 2. The van der Waals surface area contributed by atoms with Crippen LogP contribution < -0.4 is 0 Å². The fourth-order valence-electron chi connectivity index (χ4n) is 3.02.